The maximum atomic E-state index is 12.1. The minimum Gasteiger partial charge on any atom is -0.371 e. The van der Waals surface area contributed by atoms with E-state index in [1.165, 1.54) is 0 Å². The van der Waals surface area contributed by atoms with E-state index in [4.69, 9.17) is 23.2 Å². The van der Waals surface area contributed by atoms with E-state index in [0.717, 1.165) is 54.0 Å². The number of halogens is 2. The Balaban J connectivity index is 1.26. The fraction of sp³-hybridized carbons (Fsp3) is 0.190. The molecule has 0 radical (unpaired) electrons. The number of anilines is 1. The summed E-state index contributed by atoms with van der Waals surface area (Å²) in [5.74, 6) is 0.742. The minimum absolute atomic E-state index is 0.0209. The summed E-state index contributed by atoms with van der Waals surface area (Å²) in [6, 6.07) is 14.8. The highest BCUT2D eigenvalue weighted by molar-refractivity contribution is 6.38. The van der Waals surface area contributed by atoms with E-state index in [9.17, 15) is 4.79 Å². The van der Waals surface area contributed by atoms with Gasteiger partial charge < -0.3 is 20.6 Å². The molecule has 0 aliphatic heterocycles. The second-order valence-electron chi connectivity index (χ2n) is 6.69. The topological polar surface area (TPSA) is 72.7 Å². The van der Waals surface area contributed by atoms with Crippen LogP contribution in [0.3, 0.4) is 0 Å². The van der Waals surface area contributed by atoms with Gasteiger partial charge in [0.2, 0.25) is 0 Å². The highest BCUT2D eigenvalue weighted by atomic mass is 35.5. The van der Waals surface area contributed by atoms with Crippen molar-refractivity contribution in [2.75, 3.05) is 18.4 Å². The average Bonchev–Trinajstić information content (AvgIpc) is 3.08. The molecule has 5 nitrogen and oxygen atoms in total. The number of nitrogens with one attached hydrogen (secondary N) is 4. The van der Waals surface area contributed by atoms with Gasteiger partial charge in [0.05, 0.1) is 10.5 Å². The Kier molecular flexibility index (Phi) is 5.57. The third-order valence-corrected chi connectivity index (χ3v) is 5.14. The molecule has 28 heavy (non-hydrogen) atoms. The van der Waals surface area contributed by atoms with E-state index < -0.39 is 0 Å². The quantitative estimate of drug-likeness (QED) is 0.324. The van der Waals surface area contributed by atoms with Crippen molar-refractivity contribution in [2.24, 2.45) is 0 Å². The first kappa shape index (κ1) is 18.9. The molecule has 0 bridgehead atoms. The number of H-pyrrole nitrogens is 2. The van der Waals surface area contributed by atoms with Crippen LogP contribution >= 0.6 is 23.2 Å². The van der Waals surface area contributed by atoms with E-state index in [1.807, 2.05) is 36.4 Å². The Labute approximate surface area is 172 Å². The van der Waals surface area contributed by atoms with Gasteiger partial charge >= 0.3 is 0 Å². The molecule has 0 amide bonds. The highest BCUT2D eigenvalue weighted by Gasteiger charge is 2.06. The van der Waals surface area contributed by atoms with Crippen LogP contribution in [0.15, 0.2) is 53.3 Å². The molecule has 4 aromatic rings. The molecule has 0 aliphatic carbocycles. The fourth-order valence-corrected chi connectivity index (χ4v) is 3.81. The van der Waals surface area contributed by atoms with E-state index in [-0.39, 0.29) is 5.43 Å². The number of hydrogen-bond donors (Lipinski definition) is 4. The number of benzene rings is 2. The molecule has 0 unspecified atom stereocenters. The number of aromatic nitrogens is 2. The second-order valence-corrected chi connectivity index (χ2v) is 7.54. The summed E-state index contributed by atoms with van der Waals surface area (Å²) >= 11 is 12.3. The van der Waals surface area contributed by atoms with Crippen LogP contribution in [-0.4, -0.2) is 23.1 Å². The van der Waals surface area contributed by atoms with Crippen molar-refractivity contribution in [1.82, 2.24) is 15.3 Å². The summed E-state index contributed by atoms with van der Waals surface area (Å²) in [6.07, 6.45) is 0.918. The molecule has 2 aromatic carbocycles. The van der Waals surface area contributed by atoms with Crippen LogP contribution in [0, 0.1) is 0 Å². The number of aromatic amines is 2. The van der Waals surface area contributed by atoms with Gasteiger partial charge in [-0.3, -0.25) is 4.79 Å². The molecule has 0 spiro atoms. The van der Waals surface area contributed by atoms with Crippen LogP contribution in [0.1, 0.15) is 12.1 Å². The van der Waals surface area contributed by atoms with Crippen LogP contribution in [0.25, 0.3) is 21.8 Å². The lowest BCUT2D eigenvalue weighted by Crippen LogP contribution is -2.18. The Bertz CT molecular complexity index is 1180. The number of pyridine rings is 1. The third-order valence-electron chi connectivity index (χ3n) is 4.61. The van der Waals surface area contributed by atoms with Crippen LogP contribution in [0.2, 0.25) is 10.0 Å². The Morgan fingerprint density at radius 2 is 1.75 bits per heavy atom. The average molecular weight is 415 g/mol. The molecular weight excluding hydrogens is 395 g/mol. The van der Waals surface area contributed by atoms with Gasteiger partial charge in [-0.2, -0.15) is 0 Å². The lowest BCUT2D eigenvalue weighted by Gasteiger charge is -2.08. The predicted molar refractivity (Wildman–Crippen MR) is 118 cm³/mol. The maximum Gasteiger partial charge on any atom is 0.191 e. The summed E-state index contributed by atoms with van der Waals surface area (Å²) in [6.45, 7) is 2.32. The zero-order valence-corrected chi connectivity index (χ0v) is 16.6. The normalized spacial score (nSPS) is 11.4. The first-order valence-corrected chi connectivity index (χ1v) is 9.89. The van der Waals surface area contributed by atoms with E-state index in [0.29, 0.717) is 15.4 Å². The second kappa shape index (κ2) is 8.27. The summed E-state index contributed by atoms with van der Waals surface area (Å²) in [7, 11) is 0. The Hall–Kier alpha value is -2.47. The summed E-state index contributed by atoms with van der Waals surface area (Å²) in [5.41, 5.74) is 2.86. The summed E-state index contributed by atoms with van der Waals surface area (Å²) in [5, 5.41) is 9.63. The van der Waals surface area contributed by atoms with Gasteiger partial charge in [-0.05, 0) is 43.3 Å². The van der Waals surface area contributed by atoms with Gasteiger partial charge in [0, 0.05) is 46.2 Å². The van der Waals surface area contributed by atoms with Crippen molar-refractivity contribution < 1.29 is 0 Å². The zero-order valence-electron chi connectivity index (χ0n) is 15.1. The fourth-order valence-electron chi connectivity index (χ4n) is 3.27. The molecule has 0 saturated carbocycles. The van der Waals surface area contributed by atoms with E-state index in [1.54, 1.807) is 12.1 Å². The molecule has 0 aliphatic rings. The number of rotatable bonds is 7. The number of para-hydroxylation sites is 1. The Morgan fingerprint density at radius 1 is 0.893 bits per heavy atom. The van der Waals surface area contributed by atoms with E-state index in [2.05, 4.69) is 20.6 Å². The van der Waals surface area contributed by atoms with Crippen molar-refractivity contribution in [3.05, 3.63) is 74.5 Å². The molecule has 4 rings (SSSR count). The van der Waals surface area contributed by atoms with Crippen molar-refractivity contribution in [3.63, 3.8) is 0 Å². The zero-order chi connectivity index (χ0) is 19.5. The monoisotopic (exact) mass is 414 g/mol. The largest absolute Gasteiger partial charge is 0.371 e. The van der Waals surface area contributed by atoms with Gasteiger partial charge in [-0.1, -0.05) is 35.3 Å². The third kappa shape index (κ3) is 4.17. The van der Waals surface area contributed by atoms with Crippen molar-refractivity contribution in [3.8, 4) is 0 Å². The summed E-state index contributed by atoms with van der Waals surface area (Å²) < 4.78 is 0. The van der Waals surface area contributed by atoms with E-state index >= 15 is 0 Å². The maximum absolute atomic E-state index is 12.1. The van der Waals surface area contributed by atoms with Gasteiger partial charge in [0.15, 0.2) is 5.43 Å². The van der Waals surface area contributed by atoms with Gasteiger partial charge in [0.1, 0.15) is 5.82 Å². The molecule has 0 fully saturated rings. The lowest BCUT2D eigenvalue weighted by atomic mass is 10.2. The molecule has 2 aromatic heterocycles. The molecule has 144 valence electrons. The van der Waals surface area contributed by atoms with Crippen LogP contribution < -0.4 is 16.1 Å². The predicted octanol–water partition coefficient (Wildman–Crippen LogP) is 4.91. The molecule has 4 N–H and O–H groups in total. The first-order valence-electron chi connectivity index (χ1n) is 9.13. The highest BCUT2D eigenvalue weighted by Crippen LogP contribution is 2.28. The molecular formula is C21H20Cl2N4O. The molecule has 0 atom stereocenters. The first-order chi connectivity index (χ1) is 13.6. The molecule has 0 saturated heterocycles. The Morgan fingerprint density at radius 3 is 2.64 bits per heavy atom. The SMILES string of the molecule is O=c1cc(NCCCNCc2cc3c(Cl)cc(Cl)cc3[nH]2)[nH]c2ccccc12. The number of fused-ring (bicyclic) bond motifs is 2. The summed E-state index contributed by atoms with van der Waals surface area (Å²) in [4.78, 5) is 18.7. The molecule has 7 heteroatoms. The van der Waals surface area contributed by atoms with Crippen molar-refractivity contribution in [1.29, 1.82) is 0 Å². The molecule has 2 heterocycles. The van der Waals surface area contributed by atoms with Crippen molar-refractivity contribution in [2.45, 2.75) is 13.0 Å². The number of hydrogen-bond acceptors (Lipinski definition) is 3. The van der Waals surface area contributed by atoms with Crippen molar-refractivity contribution >= 4 is 50.8 Å². The van der Waals surface area contributed by atoms with Gasteiger partial charge in [-0.15, -0.1) is 0 Å². The minimum atomic E-state index is 0.0209. The smallest absolute Gasteiger partial charge is 0.191 e. The lowest BCUT2D eigenvalue weighted by molar-refractivity contribution is 0.656. The van der Waals surface area contributed by atoms with Crippen LogP contribution in [0.4, 0.5) is 5.82 Å². The van der Waals surface area contributed by atoms with Gasteiger partial charge in [-0.25, -0.2) is 0 Å². The van der Waals surface area contributed by atoms with Crippen LogP contribution in [0.5, 0.6) is 0 Å². The standard InChI is InChI=1S/C21H20Cl2N4O/c22-13-8-17(23)16-10-14(26-19(16)9-13)12-24-6-3-7-25-21-11-20(28)15-4-1-2-5-18(15)27-21/h1-2,4-5,8-11,24,26H,3,6-7,12H2,(H2,25,27,28). The van der Waals surface area contributed by atoms with Gasteiger partial charge in [0.25, 0.3) is 0 Å². The van der Waals surface area contributed by atoms with Crippen LogP contribution in [-0.2, 0) is 6.54 Å².